The molecule has 0 amide bonds. The third-order valence-electron chi connectivity index (χ3n) is 3.84. The first-order valence-corrected chi connectivity index (χ1v) is 8.50. The average Bonchev–Trinajstić information content (AvgIpc) is 2.96. The van der Waals surface area contributed by atoms with Crippen LogP contribution in [0.2, 0.25) is 0 Å². The standard InChI is InChI=1S/C17H28N8O.HI/c1-13-22-23-16(25(13)4)12-20-17(18-9-10-26-5)19-11-14-7-6-8-15(21-14)24(2)3;/h6-8H,9-12H2,1-5H3,(H2,18,19,20);1H. The largest absolute Gasteiger partial charge is 0.383 e. The molecule has 10 heteroatoms. The van der Waals surface area contributed by atoms with Gasteiger partial charge in [0.05, 0.1) is 25.4 Å². The van der Waals surface area contributed by atoms with Gasteiger partial charge >= 0.3 is 0 Å². The zero-order valence-corrected chi connectivity index (χ0v) is 18.9. The summed E-state index contributed by atoms with van der Waals surface area (Å²) in [4.78, 5) is 11.2. The number of guanidine groups is 1. The van der Waals surface area contributed by atoms with Crippen molar-refractivity contribution in [2.24, 2.45) is 12.0 Å². The molecule has 2 rings (SSSR count). The molecule has 0 bridgehead atoms. The zero-order chi connectivity index (χ0) is 18.9. The van der Waals surface area contributed by atoms with E-state index < -0.39 is 0 Å². The summed E-state index contributed by atoms with van der Waals surface area (Å²) in [5, 5.41) is 14.7. The van der Waals surface area contributed by atoms with Gasteiger partial charge in [0.25, 0.3) is 0 Å². The molecular formula is C17H29IN8O. The maximum absolute atomic E-state index is 5.09. The lowest BCUT2D eigenvalue weighted by atomic mass is 10.3. The smallest absolute Gasteiger partial charge is 0.192 e. The van der Waals surface area contributed by atoms with Gasteiger partial charge in [-0.1, -0.05) is 6.07 Å². The Hall–Kier alpha value is -1.95. The van der Waals surface area contributed by atoms with E-state index in [1.807, 2.05) is 55.7 Å². The lowest BCUT2D eigenvalue weighted by Gasteiger charge is -2.13. The normalized spacial score (nSPS) is 11.1. The molecule has 0 aliphatic rings. The topological polar surface area (TPSA) is 92.5 Å². The molecule has 0 aliphatic carbocycles. The third-order valence-corrected chi connectivity index (χ3v) is 3.84. The van der Waals surface area contributed by atoms with Gasteiger partial charge in [0.15, 0.2) is 11.8 Å². The summed E-state index contributed by atoms with van der Waals surface area (Å²) in [6.07, 6.45) is 0. The zero-order valence-electron chi connectivity index (χ0n) is 16.6. The number of aromatic nitrogens is 4. The van der Waals surface area contributed by atoms with Crippen LogP contribution >= 0.6 is 24.0 Å². The molecule has 0 radical (unpaired) electrons. The van der Waals surface area contributed by atoms with Gasteiger partial charge in [-0.25, -0.2) is 9.98 Å². The van der Waals surface area contributed by atoms with Crippen molar-refractivity contribution in [1.82, 2.24) is 30.4 Å². The van der Waals surface area contributed by atoms with Gasteiger partial charge in [-0.2, -0.15) is 0 Å². The van der Waals surface area contributed by atoms with E-state index in [0.717, 1.165) is 23.2 Å². The summed E-state index contributed by atoms with van der Waals surface area (Å²) >= 11 is 0. The number of methoxy groups -OCH3 is 1. The molecule has 0 aromatic carbocycles. The molecule has 9 nitrogen and oxygen atoms in total. The first kappa shape index (κ1) is 23.1. The van der Waals surface area contributed by atoms with Crippen LogP contribution in [-0.2, 0) is 24.9 Å². The summed E-state index contributed by atoms with van der Waals surface area (Å²) in [6, 6.07) is 5.93. The quantitative estimate of drug-likeness (QED) is 0.249. The minimum absolute atomic E-state index is 0. The highest BCUT2D eigenvalue weighted by Crippen LogP contribution is 2.08. The number of ether oxygens (including phenoxy) is 1. The van der Waals surface area contributed by atoms with Crippen LogP contribution in [0.25, 0.3) is 0 Å². The molecule has 150 valence electrons. The Kier molecular flexibility index (Phi) is 10.0. The predicted octanol–water partition coefficient (Wildman–Crippen LogP) is 1.08. The van der Waals surface area contributed by atoms with E-state index in [9.17, 15) is 0 Å². The van der Waals surface area contributed by atoms with Crippen molar-refractivity contribution in [1.29, 1.82) is 0 Å². The molecule has 0 saturated carbocycles. The monoisotopic (exact) mass is 488 g/mol. The van der Waals surface area contributed by atoms with Crippen molar-refractivity contribution < 1.29 is 4.74 Å². The second-order valence-corrected chi connectivity index (χ2v) is 6.04. The second kappa shape index (κ2) is 11.7. The van der Waals surface area contributed by atoms with Gasteiger partial charge in [-0.3, -0.25) is 0 Å². The Morgan fingerprint density at radius 1 is 1.26 bits per heavy atom. The number of nitrogens with zero attached hydrogens (tertiary/aromatic N) is 6. The fraction of sp³-hybridized carbons (Fsp3) is 0.529. The highest BCUT2D eigenvalue weighted by molar-refractivity contribution is 14.0. The third kappa shape index (κ3) is 7.29. The van der Waals surface area contributed by atoms with E-state index >= 15 is 0 Å². The summed E-state index contributed by atoms with van der Waals surface area (Å²) in [5.41, 5.74) is 0.901. The van der Waals surface area contributed by atoms with Crippen molar-refractivity contribution in [3.05, 3.63) is 35.5 Å². The van der Waals surface area contributed by atoms with Gasteiger partial charge in [-0.05, 0) is 19.1 Å². The molecule has 0 saturated heterocycles. The van der Waals surface area contributed by atoms with Gasteiger partial charge in [0, 0.05) is 34.8 Å². The van der Waals surface area contributed by atoms with Crippen LogP contribution in [0, 0.1) is 6.92 Å². The molecular weight excluding hydrogens is 459 g/mol. The highest BCUT2D eigenvalue weighted by Gasteiger charge is 2.06. The number of pyridine rings is 1. The van der Waals surface area contributed by atoms with Crippen molar-refractivity contribution >= 4 is 35.8 Å². The van der Waals surface area contributed by atoms with Gasteiger partial charge < -0.3 is 24.8 Å². The van der Waals surface area contributed by atoms with E-state index in [4.69, 9.17) is 4.74 Å². The van der Waals surface area contributed by atoms with Gasteiger partial charge in [-0.15, -0.1) is 34.2 Å². The van der Waals surface area contributed by atoms with Crippen LogP contribution in [0.1, 0.15) is 17.3 Å². The van der Waals surface area contributed by atoms with Gasteiger partial charge in [0.2, 0.25) is 0 Å². The number of aliphatic imine (C=N–C) groups is 1. The Balaban J connectivity index is 0.00000364. The molecule has 2 aromatic rings. The number of rotatable bonds is 8. The Morgan fingerprint density at radius 3 is 2.67 bits per heavy atom. The van der Waals surface area contributed by atoms with Crippen LogP contribution < -0.4 is 15.5 Å². The van der Waals surface area contributed by atoms with Crippen LogP contribution in [0.4, 0.5) is 5.82 Å². The van der Waals surface area contributed by atoms with Crippen LogP contribution in [-0.4, -0.2) is 60.1 Å². The van der Waals surface area contributed by atoms with Crippen molar-refractivity contribution in [2.75, 3.05) is 39.3 Å². The Morgan fingerprint density at radius 2 is 2.04 bits per heavy atom. The number of halogens is 1. The summed E-state index contributed by atoms with van der Waals surface area (Å²) in [6.45, 7) is 4.18. The highest BCUT2D eigenvalue weighted by atomic mass is 127. The molecule has 2 heterocycles. The lowest BCUT2D eigenvalue weighted by Crippen LogP contribution is -2.39. The molecule has 27 heavy (non-hydrogen) atoms. The number of anilines is 1. The molecule has 2 aromatic heterocycles. The fourth-order valence-electron chi connectivity index (χ4n) is 2.18. The summed E-state index contributed by atoms with van der Waals surface area (Å²) in [5.74, 6) is 3.31. The van der Waals surface area contributed by atoms with Crippen LogP contribution in [0.15, 0.2) is 23.2 Å². The Bertz CT molecular complexity index is 731. The molecule has 0 unspecified atom stereocenters. The maximum atomic E-state index is 5.09. The van der Waals surface area contributed by atoms with E-state index in [2.05, 4.69) is 30.8 Å². The minimum Gasteiger partial charge on any atom is -0.383 e. The van der Waals surface area contributed by atoms with E-state index in [1.165, 1.54) is 0 Å². The fourth-order valence-corrected chi connectivity index (χ4v) is 2.18. The number of hydrogen-bond donors (Lipinski definition) is 2. The maximum Gasteiger partial charge on any atom is 0.192 e. The molecule has 0 spiro atoms. The van der Waals surface area contributed by atoms with E-state index in [0.29, 0.717) is 32.2 Å². The second-order valence-electron chi connectivity index (χ2n) is 6.04. The Labute approximate surface area is 177 Å². The first-order chi connectivity index (χ1) is 12.5. The molecule has 0 aliphatic heterocycles. The molecule has 0 atom stereocenters. The van der Waals surface area contributed by atoms with E-state index in [1.54, 1.807) is 7.11 Å². The number of aryl methyl sites for hydroxylation is 1. The van der Waals surface area contributed by atoms with Gasteiger partial charge in [0.1, 0.15) is 11.6 Å². The number of hydrogen-bond acceptors (Lipinski definition) is 6. The van der Waals surface area contributed by atoms with Crippen LogP contribution in [0.3, 0.4) is 0 Å². The van der Waals surface area contributed by atoms with E-state index in [-0.39, 0.29) is 24.0 Å². The van der Waals surface area contributed by atoms with Crippen LogP contribution in [0.5, 0.6) is 0 Å². The first-order valence-electron chi connectivity index (χ1n) is 8.50. The minimum atomic E-state index is 0. The van der Waals surface area contributed by atoms with Crippen molar-refractivity contribution in [3.8, 4) is 0 Å². The lowest BCUT2D eigenvalue weighted by molar-refractivity contribution is 0.203. The van der Waals surface area contributed by atoms with Crippen molar-refractivity contribution in [3.63, 3.8) is 0 Å². The average molecular weight is 488 g/mol. The predicted molar refractivity (Wildman–Crippen MR) is 118 cm³/mol. The SMILES string of the molecule is COCCNC(=NCc1cccc(N(C)C)n1)NCc1nnc(C)n1C.I. The molecule has 0 fully saturated rings. The molecule has 2 N–H and O–H groups in total. The summed E-state index contributed by atoms with van der Waals surface area (Å²) in [7, 11) is 7.55. The summed E-state index contributed by atoms with van der Waals surface area (Å²) < 4.78 is 7.04. The van der Waals surface area contributed by atoms with Crippen molar-refractivity contribution in [2.45, 2.75) is 20.0 Å². The number of nitrogens with one attached hydrogen (secondary N) is 2.